The van der Waals surface area contributed by atoms with Crippen molar-refractivity contribution in [1.82, 2.24) is 4.98 Å². The van der Waals surface area contributed by atoms with Gasteiger partial charge in [0.05, 0.1) is 23.1 Å². The largest absolute Gasteiger partial charge is 0.371 e. The van der Waals surface area contributed by atoms with Gasteiger partial charge in [-0.2, -0.15) is 0 Å². The zero-order valence-corrected chi connectivity index (χ0v) is 11.5. The molecule has 8 heteroatoms. The van der Waals surface area contributed by atoms with E-state index in [1.165, 1.54) is 11.3 Å². The number of non-ortho nitro benzene ring substituents is 1. The molecule has 0 aliphatic rings. The molecule has 0 fully saturated rings. The number of benzene rings is 1. The summed E-state index contributed by atoms with van der Waals surface area (Å²) in [5, 5.41) is 13.8. The van der Waals surface area contributed by atoms with Crippen molar-refractivity contribution >= 4 is 22.7 Å². The Morgan fingerprint density at radius 2 is 2.00 bits per heavy atom. The fourth-order valence-corrected chi connectivity index (χ4v) is 2.43. The summed E-state index contributed by atoms with van der Waals surface area (Å²) in [5.41, 5.74) is -1.01. The van der Waals surface area contributed by atoms with Crippen LogP contribution in [-0.2, 0) is 0 Å². The van der Waals surface area contributed by atoms with Crippen LogP contribution in [0.3, 0.4) is 0 Å². The molecule has 1 heterocycles. The average molecular weight is 299 g/mol. The minimum atomic E-state index is -1.00. The highest BCUT2D eigenvalue weighted by atomic mass is 32.1. The van der Waals surface area contributed by atoms with Crippen LogP contribution in [-0.4, -0.2) is 9.91 Å². The molecule has 0 aliphatic heterocycles. The molecule has 1 unspecified atom stereocenters. The van der Waals surface area contributed by atoms with Gasteiger partial charge in [0.2, 0.25) is 0 Å². The number of anilines is 1. The molecular weight excluding hydrogens is 288 g/mol. The predicted molar refractivity (Wildman–Crippen MR) is 71.9 cm³/mol. The standard InChI is InChI=1S/C12H11F2N3O2S/c1-6-5-15-12(20-6)7(2)16-11-9(13)3-8(17(18)19)4-10(11)14/h3-5,7,16H,1-2H3. The van der Waals surface area contributed by atoms with Gasteiger partial charge in [0, 0.05) is 11.1 Å². The van der Waals surface area contributed by atoms with E-state index in [9.17, 15) is 18.9 Å². The van der Waals surface area contributed by atoms with Crippen LogP contribution in [0.15, 0.2) is 18.3 Å². The van der Waals surface area contributed by atoms with Gasteiger partial charge < -0.3 is 5.32 Å². The van der Waals surface area contributed by atoms with Crippen LogP contribution in [0.2, 0.25) is 0 Å². The topological polar surface area (TPSA) is 68.1 Å². The number of nitrogens with one attached hydrogen (secondary N) is 1. The number of nitro groups is 1. The summed E-state index contributed by atoms with van der Waals surface area (Å²) >= 11 is 1.41. The lowest BCUT2D eigenvalue weighted by molar-refractivity contribution is -0.385. The Hall–Kier alpha value is -2.09. The van der Waals surface area contributed by atoms with Gasteiger partial charge in [0.1, 0.15) is 10.7 Å². The summed E-state index contributed by atoms with van der Waals surface area (Å²) in [5.74, 6) is -2.01. The van der Waals surface area contributed by atoms with E-state index in [1.807, 2.05) is 6.92 Å². The molecule has 2 aromatic rings. The third-order valence-electron chi connectivity index (χ3n) is 2.61. The van der Waals surface area contributed by atoms with E-state index < -0.39 is 34.0 Å². The van der Waals surface area contributed by atoms with Crippen molar-refractivity contribution in [3.05, 3.63) is 50.0 Å². The number of hydrogen-bond donors (Lipinski definition) is 1. The molecule has 1 atom stereocenters. The van der Waals surface area contributed by atoms with Gasteiger partial charge in [0.15, 0.2) is 11.6 Å². The summed E-state index contributed by atoms with van der Waals surface area (Å²) < 4.78 is 27.5. The third kappa shape index (κ3) is 2.90. The average Bonchev–Trinajstić information content (AvgIpc) is 2.80. The highest BCUT2D eigenvalue weighted by molar-refractivity contribution is 7.11. The van der Waals surface area contributed by atoms with Crippen molar-refractivity contribution < 1.29 is 13.7 Å². The first-order valence-electron chi connectivity index (χ1n) is 5.70. The van der Waals surface area contributed by atoms with Gasteiger partial charge in [-0.3, -0.25) is 10.1 Å². The Kier molecular flexibility index (Phi) is 3.93. The first kappa shape index (κ1) is 14.3. The fraction of sp³-hybridized carbons (Fsp3) is 0.250. The zero-order valence-electron chi connectivity index (χ0n) is 10.7. The Balaban J connectivity index is 2.27. The van der Waals surface area contributed by atoms with Crippen LogP contribution in [0.1, 0.15) is 22.9 Å². The molecule has 0 saturated heterocycles. The Morgan fingerprint density at radius 1 is 1.40 bits per heavy atom. The first-order valence-corrected chi connectivity index (χ1v) is 6.52. The number of halogens is 2. The summed E-state index contributed by atoms with van der Waals surface area (Å²) in [6.45, 7) is 3.58. The Bertz CT molecular complexity index is 637. The van der Waals surface area contributed by atoms with Crippen molar-refractivity contribution in [2.75, 3.05) is 5.32 Å². The number of aromatic nitrogens is 1. The van der Waals surface area contributed by atoms with Crippen LogP contribution in [0.4, 0.5) is 20.2 Å². The van der Waals surface area contributed by atoms with Gasteiger partial charge in [-0.25, -0.2) is 13.8 Å². The third-order valence-corrected chi connectivity index (χ3v) is 3.70. The van der Waals surface area contributed by atoms with Crippen molar-refractivity contribution in [2.45, 2.75) is 19.9 Å². The van der Waals surface area contributed by atoms with Gasteiger partial charge in [-0.15, -0.1) is 11.3 Å². The molecule has 0 amide bonds. The lowest BCUT2D eigenvalue weighted by Crippen LogP contribution is -2.09. The van der Waals surface area contributed by atoms with Crippen LogP contribution in [0.25, 0.3) is 0 Å². The molecule has 2 rings (SSSR count). The molecule has 0 radical (unpaired) electrons. The van der Waals surface area contributed by atoms with Gasteiger partial charge in [0.25, 0.3) is 5.69 Å². The van der Waals surface area contributed by atoms with Crippen molar-refractivity contribution in [1.29, 1.82) is 0 Å². The predicted octanol–water partition coefficient (Wildman–Crippen LogP) is 3.81. The lowest BCUT2D eigenvalue weighted by Gasteiger charge is -2.14. The monoisotopic (exact) mass is 299 g/mol. The number of nitrogens with zero attached hydrogens (tertiary/aromatic N) is 2. The molecule has 0 aliphatic carbocycles. The van der Waals surface area contributed by atoms with Gasteiger partial charge >= 0.3 is 0 Å². The molecule has 0 spiro atoms. The van der Waals surface area contributed by atoms with Crippen LogP contribution in [0, 0.1) is 28.7 Å². The van der Waals surface area contributed by atoms with Gasteiger partial charge in [-0.05, 0) is 13.8 Å². The summed E-state index contributed by atoms with van der Waals surface area (Å²) in [7, 11) is 0. The van der Waals surface area contributed by atoms with Crippen molar-refractivity contribution in [3.63, 3.8) is 0 Å². The maximum Gasteiger partial charge on any atom is 0.275 e. The maximum absolute atomic E-state index is 13.7. The van der Waals surface area contributed by atoms with Crippen LogP contribution < -0.4 is 5.32 Å². The molecule has 1 aromatic heterocycles. The van der Waals surface area contributed by atoms with E-state index >= 15 is 0 Å². The molecule has 106 valence electrons. The number of hydrogen-bond acceptors (Lipinski definition) is 5. The van der Waals surface area contributed by atoms with Crippen LogP contribution >= 0.6 is 11.3 Å². The minimum Gasteiger partial charge on any atom is -0.371 e. The molecule has 1 aromatic carbocycles. The fourth-order valence-electron chi connectivity index (χ4n) is 1.65. The number of nitro benzene ring substituents is 1. The molecule has 20 heavy (non-hydrogen) atoms. The second kappa shape index (κ2) is 5.49. The van der Waals surface area contributed by atoms with E-state index in [4.69, 9.17) is 0 Å². The van der Waals surface area contributed by atoms with E-state index in [-0.39, 0.29) is 0 Å². The van der Waals surface area contributed by atoms with E-state index in [0.717, 1.165) is 4.88 Å². The highest BCUT2D eigenvalue weighted by Crippen LogP contribution is 2.29. The van der Waals surface area contributed by atoms with Crippen molar-refractivity contribution in [3.8, 4) is 0 Å². The SMILES string of the molecule is Cc1cnc(C(C)Nc2c(F)cc([N+](=O)[O-])cc2F)s1. The zero-order chi connectivity index (χ0) is 14.9. The second-order valence-corrected chi connectivity index (χ2v) is 5.48. The minimum absolute atomic E-state index is 0.393. The molecular formula is C12H11F2N3O2S. The van der Waals surface area contributed by atoms with Crippen molar-refractivity contribution in [2.24, 2.45) is 0 Å². The molecule has 5 nitrogen and oxygen atoms in total. The summed E-state index contributed by atoms with van der Waals surface area (Å²) in [6, 6.07) is 0.968. The summed E-state index contributed by atoms with van der Waals surface area (Å²) in [4.78, 5) is 14.8. The first-order chi connectivity index (χ1) is 9.38. The van der Waals surface area contributed by atoms with E-state index in [1.54, 1.807) is 13.1 Å². The van der Waals surface area contributed by atoms with E-state index in [0.29, 0.717) is 17.1 Å². The lowest BCUT2D eigenvalue weighted by atomic mass is 10.2. The number of rotatable bonds is 4. The maximum atomic E-state index is 13.7. The molecule has 0 saturated carbocycles. The molecule has 1 N–H and O–H groups in total. The number of thiazole rings is 1. The summed E-state index contributed by atoms with van der Waals surface area (Å²) in [6.07, 6.45) is 1.67. The Labute approximate surface area is 117 Å². The van der Waals surface area contributed by atoms with Gasteiger partial charge in [-0.1, -0.05) is 0 Å². The normalized spacial score (nSPS) is 12.2. The number of aryl methyl sites for hydroxylation is 1. The van der Waals surface area contributed by atoms with E-state index in [2.05, 4.69) is 10.3 Å². The van der Waals surface area contributed by atoms with Crippen LogP contribution in [0.5, 0.6) is 0 Å². The second-order valence-electron chi connectivity index (χ2n) is 4.22. The highest BCUT2D eigenvalue weighted by Gasteiger charge is 2.19. The molecule has 0 bridgehead atoms. The quantitative estimate of drug-likeness (QED) is 0.688. The smallest absolute Gasteiger partial charge is 0.275 e. The Morgan fingerprint density at radius 3 is 2.45 bits per heavy atom.